The highest BCUT2D eigenvalue weighted by molar-refractivity contribution is 7.17. The van der Waals surface area contributed by atoms with E-state index < -0.39 is 5.91 Å². The molecule has 0 saturated heterocycles. The van der Waals surface area contributed by atoms with E-state index >= 15 is 0 Å². The predicted molar refractivity (Wildman–Crippen MR) is 150 cm³/mol. The Balaban J connectivity index is 1.34. The first-order chi connectivity index (χ1) is 18.2. The van der Waals surface area contributed by atoms with Gasteiger partial charge in [-0.2, -0.15) is 0 Å². The van der Waals surface area contributed by atoms with Crippen LogP contribution in [-0.2, 0) is 19.5 Å². The van der Waals surface area contributed by atoms with Crippen molar-refractivity contribution in [1.29, 1.82) is 0 Å². The molecule has 37 heavy (non-hydrogen) atoms. The summed E-state index contributed by atoms with van der Waals surface area (Å²) in [5.74, 6) is -0.485. The maximum Gasteiger partial charge on any atom is 0.284 e. The number of para-hydroxylation sites is 1. The van der Waals surface area contributed by atoms with E-state index in [-0.39, 0.29) is 0 Å². The van der Waals surface area contributed by atoms with Crippen molar-refractivity contribution in [3.63, 3.8) is 0 Å². The number of fused-ring (bicyclic) bond motifs is 1. The molecule has 2 N–H and O–H groups in total. The van der Waals surface area contributed by atoms with Gasteiger partial charge in [0.15, 0.2) is 0 Å². The molecule has 0 saturated carbocycles. The Kier molecular flexibility index (Phi) is 8.01. The number of benzene rings is 3. The SMILES string of the molecule is O=C(NO)c1ccc(-c2cccc(CN(CCCc3ccccc3)Cc3cnc4ccccc4c3)c2)s1. The summed E-state index contributed by atoms with van der Waals surface area (Å²) < 4.78 is 0. The van der Waals surface area contributed by atoms with E-state index in [9.17, 15) is 4.79 Å². The zero-order valence-electron chi connectivity index (χ0n) is 20.5. The van der Waals surface area contributed by atoms with Crippen LogP contribution in [0.5, 0.6) is 0 Å². The van der Waals surface area contributed by atoms with Gasteiger partial charge in [-0.15, -0.1) is 11.3 Å². The van der Waals surface area contributed by atoms with Crippen LogP contribution in [0.25, 0.3) is 21.3 Å². The maximum atomic E-state index is 11.8. The normalized spacial score (nSPS) is 11.2. The van der Waals surface area contributed by atoms with E-state index in [1.54, 1.807) is 11.5 Å². The third-order valence-corrected chi connectivity index (χ3v) is 7.52. The van der Waals surface area contributed by atoms with Crippen molar-refractivity contribution >= 4 is 28.1 Å². The summed E-state index contributed by atoms with van der Waals surface area (Å²) in [4.78, 5) is 20.4. The van der Waals surface area contributed by atoms with Crippen LogP contribution in [-0.4, -0.2) is 27.5 Å². The average molecular weight is 508 g/mol. The van der Waals surface area contributed by atoms with E-state index in [2.05, 4.69) is 82.7 Å². The lowest BCUT2D eigenvalue weighted by molar-refractivity contribution is 0.0711. The number of carbonyl (C=O) groups excluding carboxylic acids is 1. The smallest absolute Gasteiger partial charge is 0.284 e. The molecule has 5 nitrogen and oxygen atoms in total. The first-order valence-corrected chi connectivity index (χ1v) is 13.2. The fraction of sp³-hybridized carbons (Fsp3) is 0.161. The highest BCUT2D eigenvalue weighted by atomic mass is 32.1. The van der Waals surface area contributed by atoms with Gasteiger partial charge >= 0.3 is 0 Å². The summed E-state index contributed by atoms with van der Waals surface area (Å²) in [6, 6.07) is 33.2. The number of thiophene rings is 1. The van der Waals surface area contributed by atoms with E-state index in [0.717, 1.165) is 53.8 Å². The fourth-order valence-electron chi connectivity index (χ4n) is 4.58. The third-order valence-electron chi connectivity index (χ3n) is 6.38. The second-order valence-corrected chi connectivity index (χ2v) is 10.2. The molecule has 2 heterocycles. The van der Waals surface area contributed by atoms with Crippen LogP contribution in [0.3, 0.4) is 0 Å². The molecule has 0 spiro atoms. The van der Waals surface area contributed by atoms with Crippen molar-refractivity contribution in [3.8, 4) is 10.4 Å². The number of hydrogen-bond donors (Lipinski definition) is 2. The zero-order chi connectivity index (χ0) is 25.5. The second-order valence-electron chi connectivity index (χ2n) is 9.14. The quantitative estimate of drug-likeness (QED) is 0.163. The zero-order valence-corrected chi connectivity index (χ0v) is 21.3. The second kappa shape index (κ2) is 11.9. The van der Waals surface area contributed by atoms with Crippen LogP contribution in [0.2, 0.25) is 0 Å². The summed E-state index contributed by atoms with van der Waals surface area (Å²) in [6.07, 6.45) is 4.09. The number of amides is 1. The van der Waals surface area contributed by atoms with Gasteiger partial charge in [-0.3, -0.25) is 19.9 Å². The van der Waals surface area contributed by atoms with Crippen LogP contribution >= 0.6 is 11.3 Å². The number of carbonyl (C=O) groups is 1. The largest absolute Gasteiger partial charge is 0.295 e. The molecule has 0 unspecified atom stereocenters. The summed E-state index contributed by atoms with van der Waals surface area (Å²) in [7, 11) is 0. The number of hydroxylamine groups is 1. The number of aryl methyl sites for hydroxylation is 1. The number of rotatable bonds is 10. The molecule has 0 aliphatic carbocycles. The van der Waals surface area contributed by atoms with Crippen LogP contribution in [0.15, 0.2) is 103 Å². The highest BCUT2D eigenvalue weighted by Crippen LogP contribution is 2.29. The minimum atomic E-state index is -0.485. The number of pyridine rings is 1. The van der Waals surface area contributed by atoms with Gasteiger partial charge in [0.25, 0.3) is 5.91 Å². The van der Waals surface area contributed by atoms with Gasteiger partial charge in [-0.1, -0.05) is 66.7 Å². The minimum Gasteiger partial charge on any atom is -0.295 e. The van der Waals surface area contributed by atoms with Crippen molar-refractivity contribution in [3.05, 3.63) is 125 Å². The summed E-state index contributed by atoms with van der Waals surface area (Å²) in [5.41, 5.74) is 7.56. The van der Waals surface area contributed by atoms with E-state index in [0.29, 0.717) is 4.88 Å². The standard InChI is InChI=1S/C31H29N3O2S/c35-31(33-36)30-16-15-29(37-30)27-13-6-10-24(18-27)21-34(17-7-11-23-8-2-1-3-9-23)22-25-19-26-12-4-5-14-28(26)32-20-25/h1-6,8-10,12-16,18-20,36H,7,11,17,21-22H2,(H,33,35). The number of nitrogens with one attached hydrogen (secondary N) is 1. The maximum absolute atomic E-state index is 11.8. The molecule has 1 amide bonds. The Labute approximate surface area is 221 Å². The summed E-state index contributed by atoms with van der Waals surface area (Å²) in [5, 5.41) is 10.1. The molecule has 3 aromatic carbocycles. The van der Waals surface area contributed by atoms with Gasteiger partial charge in [-0.25, -0.2) is 5.48 Å². The van der Waals surface area contributed by atoms with Crippen LogP contribution < -0.4 is 5.48 Å². The molecule has 5 aromatic rings. The topological polar surface area (TPSA) is 65.5 Å². The Bertz CT molecular complexity index is 1480. The van der Waals surface area contributed by atoms with Crippen molar-refractivity contribution in [2.75, 3.05) is 6.54 Å². The Hall–Kier alpha value is -3.84. The molecule has 0 aliphatic rings. The number of hydrogen-bond acceptors (Lipinski definition) is 5. The molecule has 2 aromatic heterocycles. The molecular formula is C31H29N3O2S. The van der Waals surface area contributed by atoms with Crippen molar-refractivity contribution in [2.24, 2.45) is 0 Å². The first kappa shape index (κ1) is 24.8. The van der Waals surface area contributed by atoms with E-state index in [4.69, 9.17) is 5.21 Å². The third kappa shape index (κ3) is 6.49. The summed E-state index contributed by atoms with van der Waals surface area (Å²) in [6.45, 7) is 2.59. The molecule has 0 atom stereocenters. The first-order valence-electron chi connectivity index (χ1n) is 12.4. The fourth-order valence-corrected chi connectivity index (χ4v) is 5.47. The van der Waals surface area contributed by atoms with Crippen LogP contribution in [0.1, 0.15) is 32.8 Å². The predicted octanol–water partition coefficient (Wildman–Crippen LogP) is 6.72. The monoisotopic (exact) mass is 507 g/mol. The van der Waals surface area contributed by atoms with E-state index in [1.165, 1.54) is 28.0 Å². The van der Waals surface area contributed by atoms with Crippen molar-refractivity contribution in [1.82, 2.24) is 15.4 Å². The van der Waals surface area contributed by atoms with E-state index in [1.807, 2.05) is 24.4 Å². The van der Waals surface area contributed by atoms with Gasteiger partial charge in [0.05, 0.1) is 10.4 Å². The molecule has 6 heteroatoms. The molecule has 0 fully saturated rings. The lowest BCUT2D eigenvalue weighted by atomic mass is 10.1. The van der Waals surface area contributed by atoms with Gasteiger partial charge in [-0.05, 0) is 72.0 Å². The molecule has 0 radical (unpaired) electrons. The summed E-state index contributed by atoms with van der Waals surface area (Å²) >= 11 is 1.37. The Morgan fingerprint density at radius 3 is 2.49 bits per heavy atom. The number of nitrogens with zero attached hydrogens (tertiary/aromatic N) is 2. The van der Waals surface area contributed by atoms with Crippen LogP contribution in [0.4, 0.5) is 0 Å². The van der Waals surface area contributed by atoms with Crippen molar-refractivity contribution in [2.45, 2.75) is 25.9 Å². The highest BCUT2D eigenvalue weighted by Gasteiger charge is 2.12. The van der Waals surface area contributed by atoms with Gasteiger partial charge in [0.2, 0.25) is 0 Å². The molecule has 0 bridgehead atoms. The molecule has 186 valence electrons. The van der Waals surface area contributed by atoms with Crippen LogP contribution in [0, 0.1) is 0 Å². The molecule has 5 rings (SSSR count). The Morgan fingerprint density at radius 1 is 0.838 bits per heavy atom. The van der Waals surface area contributed by atoms with Gasteiger partial charge in [0.1, 0.15) is 0 Å². The minimum absolute atomic E-state index is 0.481. The van der Waals surface area contributed by atoms with Crippen molar-refractivity contribution < 1.29 is 10.0 Å². The Morgan fingerprint density at radius 2 is 1.62 bits per heavy atom. The van der Waals surface area contributed by atoms with Gasteiger partial charge < -0.3 is 0 Å². The van der Waals surface area contributed by atoms with Gasteiger partial charge in [0, 0.05) is 29.5 Å². The molecular weight excluding hydrogens is 478 g/mol. The lowest BCUT2D eigenvalue weighted by Crippen LogP contribution is -2.24. The average Bonchev–Trinajstić information content (AvgIpc) is 3.44. The lowest BCUT2D eigenvalue weighted by Gasteiger charge is -2.23. The number of aromatic nitrogens is 1. The molecule has 0 aliphatic heterocycles.